The van der Waals surface area contributed by atoms with Crippen molar-refractivity contribution in [1.29, 1.82) is 0 Å². The molecular weight excluding hydrogens is 434 g/mol. The smallest absolute Gasteiger partial charge is 0.154 e. The normalized spacial score (nSPS) is 12.1. The van der Waals surface area contributed by atoms with E-state index in [0.29, 0.717) is 0 Å². The number of rotatable bonds is 10. The molecule has 0 unspecified atom stereocenters. The Kier molecular flexibility index (Phi) is 6.70. The Hall–Kier alpha value is -3.42. The van der Waals surface area contributed by atoms with Crippen LogP contribution in [0.2, 0.25) is 0 Å². The lowest BCUT2D eigenvalue weighted by Gasteiger charge is -2.15. The van der Waals surface area contributed by atoms with Crippen LogP contribution < -0.4 is 0 Å². The Morgan fingerprint density at radius 1 is 0.886 bits per heavy atom. The maximum Gasteiger partial charge on any atom is 0.154 e. The van der Waals surface area contributed by atoms with E-state index in [-0.39, 0.29) is 0 Å². The highest BCUT2D eigenvalue weighted by atomic mass is 15.2. The molecule has 0 radical (unpaired) electrons. The topological polar surface area (TPSA) is 68.8 Å². The van der Waals surface area contributed by atoms with Crippen LogP contribution in [-0.2, 0) is 25.8 Å². The number of hydrogen-bond acceptors (Lipinski definition) is 4. The van der Waals surface area contributed by atoms with Crippen LogP contribution in [0.15, 0.2) is 55.0 Å². The first-order valence-corrected chi connectivity index (χ1v) is 12.3. The molecule has 7 heteroatoms. The van der Waals surface area contributed by atoms with Crippen LogP contribution in [0.1, 0.15) is 28.2 Å². The number of H-pyrrole nitrogens is 2. The van der Waals surface area contributed by atoms with Crippen LogP contribution in [0.4, 0.5) is 0 Å². The van der Waals surface area contributed by atoms with Crippen LogP contribution in [0.3, 0.4) is 0 Å². The van der Waals surface area contributed by atoms with Gasteiger partial charge in [-0.3, -0.25) is 5.10 Å². The monoisotopic (exact) mass is 469 g/mol. The minimum absolute atomic E-state index is 0.734. The van der Waals surface area contributed by atoms with Gasteiger partial charge in [-0.25, -0.2) is 4.98 Å². The number of fused-ring (bicyclic) bond motifs is 2. The first kappa shape index (κ1) is 23.3. The van der Waals surface area contributed by atoms with E-state index in [2.05, 4.69) is 111 Å². The molecule has 0 amide bonds. The van der Waals surface area contributed by atoms with Crippen molar-refractivity contribution in [2.45, 2.75) is 25.8 Å². The van der Waals surface area contributed by atoms with Gasteiger partial charge in [-0.1, -0.05) is 12.1 Å². The number of nitrogens with one attached hydrogen (secondary N) is 2. The van der Waals surface area contributed by atoms with E-state index >= 15 is 0 Å². The zero-order valence-electron chi connectivity index (χ0n) is 21.2. The average Bonchev–Trinajstić information content (AvgIpc) is 3.55. The Balaban J connectivity index is 1.47. The molecule has 0 aliphatic heterocycles. The fourth-order valence-electron chi connectivity index (χ4n) is 4.80. The highest BCUT2D eigenvalue weighted by Gasteiger charge is 2.13. The van der Waals surface area contributed by atoms with Gasteiger partial charge in [0.2, 0.25) is 0 Å². The van der Waals surface area contributed by atoms with Crippen LogP contribution in [-0.4, -0.2) is 75.8 Å². The maximum absolute atomic E-state index is 4.29. The molecule has 0 aliphatic rings. The molecule has 5 aromatic rings. The second-order valence-electron chi connectivity index (χ2n) is 10.00. The van der Waals surface area contributed by atoms with E-state index in [1.165, 1.54) is 44.2 Å². The minimum atomic E-state index is 0.734. The number of hydrogen-bond donors (Lipinski definition) is 2. The van der Waals surface area contributed by atoms with E-state index in [9.17, 15) is 0 Å². The zero-order valence-corrected chi connectivity index (χ0v) is 21.2. The number of aromatic nitrogens is 5. The van der Waals surface area contributed by atoms with E-state index in [4.69, 9.17) is 0 Å². The molecule has 182 valence electrons. The molecule has 3 heterocycles. The van der Waals surface area contributed by atoms with Crippen LogP contribution in [0, 0.1) is 0 Å². The van der Waals surface area contributed by atoms with Crippen molar-refractivity contribution in [3.05, 3.63) is 83.2 Å². The van der Waals surface area contributed by atoms with Gasteiger partial charge in [-0.15, -0.1) is 0 Å². The first-order chi connectivity index (χ1) is 17.0. The third kappa shape index (κ3) is 5.31. The van der Waals surface area contributed by atoms with E-state index in [1.807, 2.05) is 0 Å². The molecule has 5 rings (SSSR count). The summed E-state index contributed by atoms with van der Waals surface area (Å²) >= 11 is 0. The quantitative estimate of drug-likeness (QED) is 0.323. The highest BCUT2D eigenvalue weighted by Crippen LogP contribution is 2.26. The molecular formula is C28H35N7. The molecule has 0 saturated carbocycles. The van der Waals surface area contributed by atoms with Gasteiger partial charge in [-0.05, 0) is 81.6 Å². The van der Waals surface area contributed by atoms with Crippen molar-refractivity contribution < 1.29 is 0 Å². The maximum atomic E-state index is 4.29. The van der Waals surface area contributed by atoms with Crippen molar-refractivity contribution in [2.75, 3.05) is 41.3 Å². The summed E-state index contributed by atoms with van der Waals surface area (Å²) in [5, 5.41) is 9.65. The summed E-state index contributed by atoms with van der Waals surface area (Å²) in [4.78, 5) is 12.2. The van der Waals surface area contributed by atoms with Crippen molar-refractivity contribution in [2.24, 2.45) is 0 Å². The molecule has 0 atom stereocenters. The Labute approximate surface area is 206 Å². The van der Waals surface area contributed by atoms with Gasteiger partial charge < -0.3 is 19.4 Å². The second-order valence-corrected chi connectivity index (χ2v) is 10.00. The van der Waals surface area contributed by atoms with Gasteiger partial charge >= 0.3 is 0 Å². The number of nitrogens with zero attached hydrogens (tertiary/aromatic N) is 5. The first-order valence-electron chi connectivity index (χ1n) is 12.3. The number of benzene rings is 2. The lowest BCUT2D eigenvalue weighted by atomic mass is 10.0. The van der Waals surface area contributed by atoms with Gasteiger partial charge in [0.05, 0.1) is 0 Å². The molecule has 3 aromatic heterocycles. The molecule has 0 bridgehead atoms. The van der Waals surface area contributed by atoms with Crippen LogP contribution in [0.5, 0.6) is 0 Å². The van der Waals surface area contributed by atoms with Crippen molar-refractivity contribution >= 4 is 21.8 Å². The fourth-order valence-corrected chi connectivity index (χ4v) is 4.80. The highest BCUT2D eigenvalue weighted by molar-refractivity contribution is 5.85. The van der Waals surface area contributed by atoms with E-state index in [0.717, 1.165) is 44.7 Å². The van der Waals surface area contributed by atoms with E-state index < -0.39 is 0 Å². The van der Waals surface area contributed by atoms with Crippen LogP contribution in [0.25, 0.3) is 21.8 Å². The summed E-state index contributed by atoms with van der Waals surface area (Å²) in [6.07, 6.45) is 6.50. The largest absolute Gasteiger partial charge is 0.361 e. The average molecular weight is 470 g/mol. The van der Waals surface area contributed by atoms with Gasteiger partial charge in [-0.2, -0.15) is 5.10 Å². The number of likely N-dealkylation sites (N-methyl/N-ethyl adjacent to an activating group) is 2. The summed E-state index contributed by atoms with van der Waals surface area (Å²) in [6.45, 7) is 3.01. The molecule has 35 heavy (non-hydrogen) atoms. The predicted molar refractivity (Wildman–Crippen MR) is 143 cm³/mol. The standard InChI is InChI=1S/C28H35N7/c1-33(2)10-9-22-18-29-26-7-5-21(15-25(22)26)14-24-17-23-13-20(16-28-30-19-31-32-28)6-8-27(23)35(24)12-11-34(3)4/h5-8,13,15,17-19,29H,9-12,14,16H2,1-4H3,(H,30,31,32). The van der Waals surface area contributed by atoms with Crippen LogP contribution >= 0.6 is 0 Å². The predicted octanol–water partition coefficient (Wildman–Crippen LogP) is 4.09. The van der Waals surface area contributed by atoms with Crippen molar-refractivity contribution in [3.63, 3.8) is 0 Å². The summed E-state index contributed by atoms with van der Waals surface area (Å²) in [6, 6.07) is 16.0. The fraction of sp³-hybridized carbons (Fsp3) is 0.357. The Bertz CT molecular complexity index is 1410. The van der Waals surface area contributed by atoms with Crippen molar-refractivity contribution in [3.8, 4) is 0 Å². The lowest BCUT2D eigenvalue weighted by molar-refractivity contribution is 0.384. The van der Waals surface area contributed by atoms with Gasteiger partial charge in [0.25, 0.3) is 0 Å². The third-order valence-electron chi connectivity index (χ3n) is 6.69. The summed E-state index contributed by atoms with van der Waals surface area (Å²) in [5.41, 5.74) is 7.81. The molecule has 0 spiro atoms. The second kappa shape index (κ2) is 10.1. The summed E-state index contributed by atoms with van der Waals surface area (Å²) < 4.78 is 2.49. The molecule has 2 aromatic carbocycles. The van der Waals surface area contributed by atoms with Crippen molar-refractivity contribution in [1.82, 2.24) is 34.5 Å². The summed E-state index contributed by atoms with van der Waals surface area (Å²) in [5.74, 6) is 0.821. The van der Waals surface area contributed by atoms with E-state index in [1.54, 1.807) is 6.33 Å². The van der Waals surface area contributed by atoms with Gasteiger partial charge in [0.15, 0.2) is 5.82 Å². The summed E-state index contributed by atoms with van der Waals surface area (Å²) in [7, 11) is 8.53. The molecule has 0 fully saturated rings. The molecule has 2 N–H and O–H groups in total. The SMILES string of the molecule is CN(C)CCc1c[nH]c2ccc(Cc3cc4cc(Cc5nc[nH]n5)ccc4n3CCN(C)C)cc12. The molecule has 7 nitrogen and oxygen atoms in total. The van der Waals surface area contributed by atoms with Gasteiger partial charge in [0, 0.05) is 66.2 Å². The number of aromatic amines is 2. The Morgan fingerprint density at radius 3 is 2.46 bits per heavy atom. The molecule has 0 aliphatic carbocycles. The third-order valence-corrected chi connectivity index (χ3v) is 6.69. The minimum Gasteiger partial charge on any atom is -0.361 e. The lowest BCUT2D eigenvalue weighted by Crippen LogP contribution is -2.19. The molecule has 0 saturated heterocycles. The van der Waals surface area contributed by atoms with Gasteiger partial charge in [0.1, 0.15) is 6.33 Å². The Morgan fingerprint density at radius 2 is 1.69 bits per heavy atom. The zero-order chi connectivity index (χ0) is 24.4.